The number of hydrogen-bond donors (Lipinski definition) is 2. The predicted molar refractivity (Wildman–Crippen MR) is 100 cm³/mol. The number of carboxylic acids is 1. The molecule has 2 aromatic rings. The molecule has 5 nitrogen and oxygen atoms in total. The minimum atomic E-state index is -0.946. The van der Waals surface area contributed by atoms with Crippen molar-refractivity contribution in [2.75, 3.05) is 13.2 Å². The lowest BCUT2D eigenvalue weighted by Crippen LogP contribution is -2.25. The number of carbonyl (C=O) groups excluding carboxylic acids is 1. The molecule has 0 aliphatic heterocycles. The Hall–Kier alpha value is -2.66. The number of aromatic carboxylic acids is 1. The molecule has 0 saturated carbocycles. The Kier molecular flexibility index (Phi) is 7.83. The molecular formula is C21H25NO4. The molecule has 0 heterocycles. The Balaban J connectivity index is 1.58. The Bertz CT molecular complexity index is 698. The van der Waals surface area contributed by atoms with Gasteiger partial charge in [0, 0.05) is 19.6 Å². The van der Waals surface area contributed by atoms with E-state index in [1.165, 1.54) is 0 Å². The second-order valence-electron chi connectivity index (χ2n) is 6.13. The largest absolute Gasteiger partial charge is 0.478 e. The van der Waals surface area contributed by atoms with Crippen LogP contribution in [0.3, 0.4) is 0 Å². The summed E-state index contributed by atoms with van der Waals surface area (Å²) >= 11 is 0. The van der Waals surface area contributed by atoms with Gasteiger partial charge in [0.2, 0.25) is 5.91 Å². The first kappa shape index (κ1) is 19.7. The van der Waals surface area contributed by atoms with E-state index < -0.39 is 5.97 Å². The lowest BCUT2D eigenvalue weighted by molar-refractivity contribution is -0.121. The number of aryl methyl sites for hydroxylation is 1. The molecule has 0 fully saturated rings. The van der Waals surface area contributed by atoms with E-state index >= 15 is 0 Å². The van der Waals surface area contributed by atoms with Gasteiger partial charge in [-0.2, -0.15) is 0 Å². The van der Waals surface area contributed by atoms with Gasteiger partial charge < -0.3 is 15.2 Å². The van der Waals surface area contributed by atoms with E-state index in [-0.39, 0.29) is 17.6 Å². The number of benzene rings is 2. The quantitative estimate of drug-likeness (QED) is 0.639. The van der Waals surface area contributed by atoms with E-state index in [1.807, 2.05) is 37.3 Å². The van der Waals surface area contributed by atoms with Crippen LogP contribution in [0, 0.1) is 0 Å². The highest BCUT2D eigenvalue weighted by Gasteiger charge is 2.06. The van der Waals surface area contributed by atoms with Crippen LogP contribution in [0.25, 0.3) is 0 Å². The zero-order chi connectivity index (χ0) is 18.8. The fourth-order valence-corrected chi connectivity index (χ4v) is 2.54. The van der Waals surface area contributed by atoms with Crippen molar-refractivity contribution in [3.8, 4) is 0 Å². The van der Waals surface area contributed by atoms with Crippen LogP contribution < -0.4 is 5.32 Å². The highest BCUT2D eigenvalue weighted by Crippen LogP contribution is 2.15. The SMILES string of the molecule is CC(OCCCNC(=O)CCc1ccc(C(=O)O)cc1)c1ccccc1. The molecule has 0 radical (unpaired) electrons. The number of carbonyl (C=O) groups is 2. The summed E-state index contributed by atoms with van der Waals surface area (Å²) in [4.78, 5) is 22.7. The Morgan fingerprint density at radius 1 is 1.08 bits per heavy atom. The third-order valence-corrected chi connectivity index (χ3v) is 4.12. The van der Waals surface area contributed by atoms with Crippen LogP contribution in [-0.2, 0) is 16.0 Å². The summed E-state index contributed by atoms with van der Waals surface area (Å²) in [6.45, 7) is 3.19. The highest BCUT2D eigenvalue weighted by atomic mass is 16.5. The van der Waals surface area contributed by atoms with Gasteiger partial charge in [-0.15, -0.1) is 0 Å². The molecule has 26 heavy (non-hydrogen) atoms. The highest BCUT2D eigenvalue weighted by molar-refractivity contribution is 5.87. The van der Waals surface area contributed by atoms with Gasteiger partial charge in [0.25, 0.3) is 0 Å². The second-order valence-corrected chi connectivity index (χ2v) is 6.13. The number of amides is 1. The van der Waals surface area contributed by atoms with Gasteiger partial charge in [0.1, 0.15) is 0 Å². The van der Waals surface area contributed by atoms with Crippen molar-refractivity contribution in [3.05, 3.63) is 71.3 Å². The van der Waals surface area contributed by atoms with Crippen molar-refractivity contribution in [1.82, 2.24) is 5.32 Å². The summed E-state index contributed by atoms with van der Waals surface area (Å²) in [5.41, 5.74) is 2.35. The molecule has 138 valence electrons. The van der Waals surface area contributed by atoms with Crippen LogP contribution in [0.15, 0.2) is 54.6 Å². The lowest BCUT2D eigenvalue weighted by atomic mass is 10.1. The zero-order valence-corrected chi connectivity index (χ0v) is 15.0. The summed E-state index contributed by atoms with van der Waals surface area (Å²) in [7, 11) is 0. The molecule has 2 N–H and O–H groups in total. The van der Waals surface area contributed by atoms with Gasteiger partial charge in [-0.1, -0.05) is 42.5 Å². The first-order chi connectivity index (χ1) is 12.6. The third kappa shape index (κ3) is 6.69. The molecule has 1 unspecified atom stereocenters. The van der Waals surface area contributed by atoms with Crippen molar-refractivity contribution in [1.29, 1.82) is 0 Å². The molecular weight excluding hydrogens is 330 g/mol. The average Bonchev–Trinajstić information content (AvgIpc) is 2.67. The van der Waals surface area contributed by atoms with E-state index in [2.05, 4.69) is 5.32 Å². The molecule has 0 aliphatic carbocycles. The van der Waals surface area contributed by atoms with Crippen LogP contribution in [0.4, 0.5) is 0 Å². The van der Waals surface area contributed by atoms with Crippen molar-refractivity contribution in [2.24, 2.45) is 0 Å². The summed E-state index contributed by atoms with van der Waals surface area (Å²) in [6, 6.07) is 16.6. The molecule has 1 amide bonds. The molecule has 2 rings (SSSR count). The molecule has 0 aromatic heterocycles. The van der Waals surface area contributed by atoms with Gasteiger partial charge in [-0.25, -0.2) is 4.79 Å². The monoisotopic (exact) mass is 355 g/mol. The maximum atomic E-state index is 11.9. The third-order valence-electron chi connectivity index (χ3n) is 4.12. The van der Waals surface area contributed by atoms with Crippen molar-refractivity contribution < 1.29 is 19.4 Å². The van der Waals surface area contributed by atoms with Gasteiger partial charge in [0.15, 0.2) is 0 Å². The fraction of sp³-hybridized carbons (Fsp3) is 0.333. The maximum Gasteiger partial charge on any atom is 0.335 e. The molecule has 0 spiro atoms. The van der Waals surface area contributed by atoms with Crippen molar-refractivity contribution in [3.63, 3.8) is 0 Å². The van der Waals surface area contributed by atoms with Crippen LogP contribution in [0.1, 0.15) is 47.4 Å². The number of hydrogen-bond acceptors (Lipinski definition) is 3. The average molecular weight is 355 g/mol. The van der Waals surface area contributed by atoms with E-state index in [4.69, 9.17) is 9.84 Å². The molecule has 5 heteroatoms. The summed E-state index contributed by atoms with van der Waals surface area (Å²) in [5.74, 6) is -0.957. The van der Waals surface area contributed by atoms with Gasteiger partial charge >= 0.3 is 5.97 Å². The number of nitrogens with one attached hydrogen (secondary N) is 1. The van der Waals surface area contributed by atoms with Crippen LogP contribution >= 0.6 is 0 Å². The van der Waals surface area contributed by atoms with Crippen molar-refractivity contribution >= 4 is 11.9 Å². The van der Waals surface area contributed by atoms with Crippen LogP contribution in [0.5, 0.6) is 0 Å². The number of rotatable bonds is 10. The van der Waals surface area contributed by atoms with E-state index in [1.54, 1.807) is 24.3 Å². The minimum Gasteiger partial charge on any atom is -0.478 e. The zero-order valence-electron chi connectivity index (χ0n) is 15.0. The molecule has 0 saturated heterocycles. The van der Waals surface area contributed by atoms with E-state index in [0.717, 1.165) is 17.5 Å². The van der Waals surface area contributed by atoms with Crippen LogP contribution in [0.2, 0.25) is 0 Å². The van der Waals surface area contributed by atoms with Gasteiger partial charge in [-0.3, -0.25) is 4.79 Å². The first-order valence-corrected chi connectivity index (χ1v) is 8.81. The lowest BCUT2D eigenvalue weighted by Gasteiger charge is -2.13. The first-order valence-electron chi connectivity index (χ1n) is 8.81. The number of ether oxygens (including phenoxy) is 1. The van der Waals surface area contributed by atoms with Gasteiger partial charge in [0.05, 0.1) is 11.7 Å². The topological polar surface area (TPSA) is 75.6 Å². The Morgan fingerprint density at radius 2 is 1.77 bits per heavy atom. The summed E-state index contributed by atoms with van der Waals surface area (Å²) < 4.78 is 5.77. The van der Waals surface area contributed by atoms with Crippen LogP contribution in [-0.4, -0.2) is 30.1 Å². The van der Waals surface area contributed by atoms with E-state index in [0.29, 0.717) is 26.0 Å². The van der Waals surface area contributed by atoms with Gasteiger partial charge in [-0.05, 0) is 43.0 Å². The fourth-order valence-electron chi connectivity index (χ4n) is 2.54. The number of carboxylic acid groups (broad SMARTS) is 1. The summed E-state index contributed by atoms with van der Waals surface area (Å²) in [5, 5.41) is 11.7. The Morgan fingerprint density at radius 3 is 2.42 bits per heavy atom. The molecule has 0 bridgehead atoms. The smallest absolute Gasteiger partial charge is 0.335 e. The normalized spacial score (nSPS) is 11.7. The molecule has 1 atom stereocenters. The van der Waals surface area contributed by atoms with E-state index in [9.17, 15) is 9.59 Å². The molecule has 0 aliphatic rings. The summed E-state index contributed by atoms with van der Waals surface area (Å²) in [6.07, 6.45) is 1.78. The predicted octanol–water partition coefficient (Wildman–Crippen LogP) is 3.60. The van der Waals surface area contributed by atoms with Crippen molar-refractivity contribution in [2.45, 2.75) is 32.3 Å². The minimum absolute atomic E-state index is 0.0107. The Labute approximate surface area is 154 Å². The standard InChI is InChI=1S/C21H25NO4/c1-16(18-6-3-2-4-7-18)26-15-5-14-22-20(23)13-10-17-8-11-19(12-9-17)21(24)25/h2-4,6-9,11-12,16H,5,10,13-15H2,1H3,(H,22,23)(H,24,25). The second kappa shape index (κ2) is 10.4. The molecule has 2 aromatic carbocycles. The maximum absolute atomic E-state index is 11.9.